The minimum atomic E-state index is -1.50. The van der Waals surface area contributed by atoms with E-state index in [9.17, 15) is 10.3 Å². The van der Waals surface area contributed by atoms with Gasteiger partial charge in [-0.15, -0.1) is 0 Å². The molecule has 4 aromatic rings. The molecule has 46 heavy (non-hydrogen) atoms. The van der Waals surface area contributed by atoms with Crippen LogP contribution in [0.4, 0.5) is 5.69 Å². The van der Waals surface area contributed by atoms with E-state index in [-0.39, 0.29) is 18.9 Å². The fraction of sp³-hybridized carbons (Fsp3) is 0.200. The van der Waals surface area contributed by atoms with Crippen LogP contribution in [-0.4, -0.2) is 35.7 Å². The lowest BCUT2D eigenvalue weighted by Crippen LogP contribution is -2.52. The van der Waals surface area contributed by atoms with Crippen molar-refractivity contribution >= 4 is 35.2 Å². The summed E-state index contributed by atoms with van der Waals surface area (Å²) in [7, 11) is 0. The molecular formula is C35H33ClN6O4. The van der Waals surface area contributed by atoms with Crippen molar-refractivity contribution in [2.75, 3.05) is 13.2 Å². The molecule has 0 fully saturated rings. The Labute approximate surface area is 272 Å². The van der Waals surface area contributed by atoms with Gasteiger partial charge in [-0.25, -0.2) is 10.4 Å². The van der Waals surface area contributed by atoms with Crippen LogP contribution in [0.3, 0.4) is 0 Å². The van der Waals surface area contributed by atoms with Gasteiger partial charge in [0.1, 0.15) is 5.75 Å². The fourth-order valence-corrected chi connectivity index (χ4v) is 5.27. The quantitative estimate of drug-likeness (QED) is 0.0440. The number of hydrogen-bond donors (Lipinski definition) is 3. The maximum atomic E-state index is 14.3. The Morgan fingerprint density at radius 2 is 1.85 bits per heavy atom. The van der Waals surface area contributed by atoms with Crippen LogP contribution in [0.5, 0.6) is 5.75 Å². The van der Waals surface area contributed by atoms with Gasteiger partial charge in [-0.05, 0) is 53.1 Å². The van der Waals surface area contributed by atoms with Gasteiger partial charge in [-0.2, -0.15) is 0 Å². The molecule has 1 amide bonds. The lowest BCUT2D eigenvalue weighted by atomic mass is 9.83. The molecule has 0 saturated heterocycles. The summed E-state index contributed by atoms with van der Waals surface area (Å²) in [6, 6.07) is 31.2. The topological polar surface area (TPSA) is 141 Å². The lowest BCUT2D eigenvalue weighted by Gasteiger charge is -2.30. The number of azide groups is 1. The number of hydrazine groups is 1. The van der Waals surface area contributed by atoms with Gasteiger partial charge in [0.2, 0.25) is 5.90 Å². The second-order valence-corrected chi connectivity index (χ2v) is 10.9. The first kappa shape index (κ1) is 32.3. The second-order valence-electron chi connectivity index (χ2n) is 10.5. The number of amides is 1. The van der Waals surface area contributed by atoms with Crippen LogP contribution in [0.1, 0.15) is 41.2 Å². The van der Waals surface area contributed by atoms with Gasteiger partial charge in [0.25, 0.3) is 5.91 Å². The SMILES string of the molecule is [N-]=[N+]=Nc1ccccc1[C@@H]1OC(c2ccc(OCCCO)cc2)=N[C@]1(C/C=C/c1ccccc1)C(=O)NNCc1cccc(Cl)c1. The third-order valence-electron chi connectivity index (χ3n) is 7.32. The highest BCUT2D eigenvalue weighted by Gasteiger charge is 2.53. The fourth-order valence-electron chi connectivity index (χ4n) is 5.06. The van der Waals surface area contributed by atoms with Crippen molar-refractivity contribution in [1.29, 1.82) is 0 Å². The first-order chi connectivity index (χ1) is 22.5. The molecule has 11 heteroatoms. The Morgan fingerprint density at radius 3 is 2.61 bits per heavy atom. The van der Waals surface area contributed by atoms with Crippen molar-refractivity contribution in [2.45, 2.75) is 31.0 Å². The molecule has 4 aromatic carbocycles. The van der Waals surface area contributed by atoms with E-state index in [1.54, 1.807) is 54.6 Å². The molecule has 1 heterocycles. The number of carbonyl (C=O) groups is 1. The second kappa shape index (κ2) is 15.7. The van der Waals surface area contributed by atoms with Crippen LogP contribution >= 0.6 is 11.6 Å². The minimum Gasteiger partial charge on any atom is -0.494 e. The summed E-state index contributed by atoms with van der Waals surface area (Å²) in [5.74, 6) is 0.439. The number of aliphatic hydroxyl groups is 1. The third kappa shape index (κ3) is 7.93. The molecular weight excluding hydrogens is 604 g/mol. The largest absolute Gasteiger partial charge is 0.494 e. The Morgan fingerprint density at radius 1 is 1.07 bits per heavy atom. The number of carbonyl (C=O) groups excluding carboxylic acids is 1. The first-order valence-electron chi connectivity index (χ1n) is 14.8. The zero-order valence-electron chi connectivity index (χ0n) is 24.9. The van der Waals surface area contributed by atoms with Crippen LogP contribution in [-0.2, 0) is 16.1 Å². The minimum absolute atomic E-state index is 0.0399. The summed E-state index contributed by atoms with van der Waals surface area (Å²) >= 11 is 6.15. The highest BCUT2D eigenvalue weighted by molar-refractivity contribution is 6.30. The zero-order chi connectivity index (χ0) is 32.2. The Hall–Kier alpha value is -5.12. The lowest BCUT2D eigenvalue weighted by molar-refractivity contribution is -0.129. The van der Waals surface area contributed by atoms with E-state index in [1.165, 1.54) is 0 Å². The summed E-state index contributed by atoms with van der Waals surface area (Å²) in [6.45, 7) is 0.737. The van der Waals surface area contributed by atoms with Crippen LogP contribution in [0.2, 0.25) is 5.02 Å². The molecule has 5 rings (SSSR count). The third-order valence-corrected chi connectivity index (χ3v) is 7.56. The van der Waals surface area contributed by atoms with Crippen LogP contribution in [0.25, 0.3) is 16.5 Å². The molecule has 0 saturated carbocycles. The predicted molar refractivity (Wildman–Crippen MR) is 179 cm³/mol. The van der Waals surface area contributed by atoms with Gasteiger partial charge in [0, 0.05) is 52.7 Å². The molecule has 0 bridgehead atoms. The number of ether oxygens (including phenoxy) is 2. The van der Waals surface area contributed by atoms with Crippen LogP contribution in [0.15, 0.2) is 119 Å². The van der Waals surface area contributed by atoms with Gasteiger partial charge in [-0.1, -0.05) is 95.6 Å². The van der Waals surface area contributed by atoms with Crippen molar-refractivity contribution in [3.8, 4) is 5.75 Å². The van der Waals surface area contributed by atoms with Crippen molar-refractivity contribution in [2.24, 2.45) is 10.1 Å². The summed E-state index contributed by atoms with van der Waals surface area (Å²) in [6.07, 6.45) is 3.55. The van der Waals surface area contributed by atoms with E-state index in [1.807, 2.05) is 60.7 Å². The van der Waals surface area contributed by atoms with E-state index in [2.05, 4.69) is 20.9 Å². The number of halogens is 1. The molecule has 2 atom stereocenters. The zero-order valence-corrected chi connectivity index (χ0v) is 25.7. The van der Waals surface area contributed by atoms with E-state index in [0.717, 1.165) is 11.1 Å². The average Bonchev–Trinajstić information content (AvgIpc) is 3.46. The number of aliphatic imine (C=N–C) groups is 1. The molecule has 234 valence electrons. The van der Waals surface area contributed by atoms with Crippen molar-refractivity contribution < 1.29 is 19.4 Å². The van der Waals surface area contributed by atoms with Gasteiger partial charge < -0.3 is 14.6 Å². The highest BCUT2D eigenvalue weighted by Crippen LogP contribution is 2.45. The number of nitrogens with one attached hydrogen (secondary N) is 2. The van der Waals surface area contributed by atoms with Crippen LogP contribution in [0, 0.1) is 0 Å². The molecule has 3 N–H and O–H groups in total. The molecule has 1 aliphatic rings. The van der Waals surface area contributed by atoms with E-state index >= 15 is 0 Å². The Bertz CT molecular complexity index is 1740. The summed E-state index contributed by atoms with van der Waals surface area (Å²) < 4.78 is 12.2. The summed E-state index contributed by atoms with van der Waals surface area (Å²) in [5, 5.41) is 13.5. The Kier molecular flexibility index (Phi) is 11.0. The van der Waals surface area contributed by atoms with E-state index in [0.29, 0.717) is 47.2 Å². The molecule has 0 unspecified atom stereocenters. The van der Waals surface area contributed by atoms with Gasteiger partial charge in [0.15, 0.2) is 11.6 Å². The Balaban J connectivity index is 1.53. The number of benzene rings is 4. The maximum Gasteiger partial charge on any atom is 0.266 e. The van der Waals surface area contributed by atoms with Crippen molar-refractivity contribution in [3.05, 3.63) is 147 Å². The molecule has 0 aliphatic carbocycles. The van der Waals surface area contributed by atoms with Crippen molar-refractivity contribution in [1.82, 2.24) is 10.9 Å². The molecule has 0 aromatic heterocycles. The average molecular weight is 637 g/mol. The van der Waals surface area contributed by atoms with Gasteiger partial charge >= 0.3 is 0 Å². The highest BCUT2D eigenvalue weighted by atomic mass is 35.5. The van der Waals surface area contributed by atoms with Gasteiger partial charge in [-0.3, -0.25) is 10.2 Å². The normalized spacial score (nSPS) is 17.2. The number of nitrogens with zero attached hydrogens (tertiary/aromatic N) is 4. The number of aliphatic hydroxyl groups excluding tert-OH is 1. The van der Waals surface area contributed by atoms with Crippen molar-refractivity contribution in [3.63, 3.8) is 0 Å². The molecule has 10 nitrogen and oxygen atoms in total. The summed E-state index contributed by atoms with van der Waals surface area (Å²) in [4.78, 5) is 22.3. The first-order valence-corrected chi connectivity index (χ1v) is 15.1. The standard InChI is InChI=1S/C35H33ClN6O4/c36-28-13-6-11-26(23-28)24-38-41-34(44)35(20-7-12-25-9-2-1-3-10-25)32(30-14-4-5-15-31(30)40-42-37)46-33(39-35)27-16-18-29(19-17-27)45-22-8-21-43/h1-7,9-19,23,32,38,43H,8,20-22,24H2,(H,41,44)/b12-7+/t32-,35-/m0/s1. The molecule has 0 radical (unpaired) electrons. The molecule has 1 aliphatic heterocycles. The number of rotatable bonds is 14. The maximum absolute atomic E-state index is 14.3. The predicted octanol–water partition coefficient (Wildman–Crippen LogP) is 7.22. The van der Waals surface area contributed by atoms with Crippen LogP contribution < -0.4 is 15.6 Å². The monoisotopic (exact) mass is 636 g/mol. The smallest absolute Gasteiger partial charge is 0.266 e. The van der Waals surface area contributed by atoms with E-state index in [4.69, 9.17) is 31.2 Å². The molecule has 0 spiro atoms. The number of hydrogen-bond acceptors (Lipinski definition) is 7. The van der Waals surface area contributed by atoms with E-state index < -0.39 is 17.6 Å². The summed E-state index contributed by atoms with van der Waals surface area (Å²) in [5.41, 5.74) is 17.0. The van der Waals surface area contributed by atoms with Gasteiger partial charge in [0.05, 0.1) is 6.61 Å².